The molecule has 0 bridgehead atoms. The van der Waals surface area contributed by atoms with Gasteiger partial charge in [-0.2, -0.15) is 0 Å². The number of amides is 3. The number of hydrogen-bond acceptors (Lipinski definition) is 4. The Labute approximate surface area is 225 Å². The van der Waals surface area contributed by atoms with E-state index in [1.165, 1.54) is 0 Å². The highest BCUT2D eigenvalue weighted by Gasteiger charge is 2.41. The SMILES string of the molecule is Cc1ccccc1C(C(=O)Nc1ccc2ccccc2c1)N(C(=O)C(C)NC(=O)OC(C)(C)C)C(C)(C)C. The van der Waals surface area contributed by atoms with Gasteiger partial charge in [0, 0.05) is 11.2 Å². The van der Waals surface area contributed by atoms with Gasteiger partial charge in [0.05, 0.1) is 0 Å². The Bertz CT molecular complexity index is 1320. The van der Waals surface area contributed by atoms with Crippen LogP contribution >= 0.6 is 0 Å². The predicted octanol–water partition coefficient (Wildman–Crippen LogP) is 6.37. The third-order valence-corrected chi connectivity index (χ3v) is 6.07. The van der Waals surface area contributed by atoms with Crippen LogP contribution in [0.3, 0.4) is 0 Å². The summed E-state index contributed by atoms with van der Waals surface area (Å²) in [5.74, 6) is -0.743. The van der Waals surface area contributed by atoms with Crippen molar-refractivity contribution < 1.29 is 19.1 Å². The molecule has 0 aliphatic carbocycles. The third-order valence-electron chi connectivity index (χ3n) is 6.07. The van der Waals surface area contributed by atoms with Crippen LogP contribution in [0.25, 0.3) is 10.8 Å². The molecule has 7 heteroatoms. The van der Waals surface area contributed by atoms with Gasteiger partial charge in [-0.05, 0) is 89.4 Å². The second-order valence-electron chi connectivity index (χ2n) is 11.6. The van der Waals surface area contributed by atoms with Gasteiger partial charge in [-0.25, -0.2) is 4.79 Å². The van der Waals surface area contributed by atoms with Crippen LogP contribution in [-0.2, 0) is 14.3 Å². The highest BCUT2D eigenvalue weighted by Crippen LogP contribution is 2.33. The van der Waals surface area contributed by atoms with Crippen molar-refractivity contribution in [2.45, 2.75) is 78.6 Å². The fourth-order valence-electron chi connectivity index (χ4n) is 4.37. The molecule has 3 aromatic rings. The molecule has 202 valence electrons. The van der Waals surface area contributed by atoms with E-state index in [9.17, 15) is 14.4 Å². The Morgan fingerprint density at radius 3 is 2.05 bits per heavy atom. The zero-order valence-electron chi connectivity index (χ0n) is 23.6. The monoisotopic (exact) mass is 517 g/mol. The minimum absolute atomic E-state index is 0.345. The molecule has 3 aromatic carbocycles. The van der Waals surface area contributed by atoms with Gasteiger partial charge in [0.2, 0.25) is 5.91 Å². The van der Waals surface area contributed by atoms with E-state index in [0.717, 1.165) is 16.3 Å². The van der Waals surface area contributed by atoms with Gasteiger partial charge in [0.25, 0.3) is 5.91 Å². The van der Waals surface area contributed by atoms with Gasteiger partial charge in [-0.15, -0.1) is 0 Å². The topological polar surface area (TPSA) is 87.7 Å². The summed E-state index contributed by atoms with van der Waals surface area (Å²) in [5, 5.41) is 7.73. The summed E-state index contributed by atoms with van der Waals surface area (Å²) in [6, 6.07) is 19.3. The number of fused-ring (bicyclic) bond motifs is 1. The van der Waals surface area contributed by atoms with Crippen molar-refractivity contribution >= 4 is 34.4 Å². The van der Waals surface area contributed by atoms with Gasteiger partial charge < -0.3 is 20.3 Å². The second kappa shape index (κ2) is 11.3. The lowest BCUT2D eigenvalue weighted by Crippen LogP contribution is -2.57. The molecule has 2 N–H and O–H groups in total. The average molecular weight is 518 g/mol. The molecule has 0 aromatic heterocycles. The lowest BCUT2D eigenvalue weighted by Gasteiger charge is -2.43. The zero-order valence-corrected chi connectivity index (χ0v) is 23.6. The fraction of sp³-hybridized carbons (Fsp3) is 0.387. The average Bonchev–Trinajstić information content (AvgIpc) is 2.80. The predicted molar refractivity (Wildman–Crippen MR) is 152 cm³/mol. The van der Waals surface area contributed by atoms with Crippen molar-refractivity contribution in [3.8, 4) is 0 Å². The highest BCUT2D eigenvalue weighted by atomic mass is 16.6. The number of carbonyl (C=O) groups is 3. The number of nitrogens with zero attached hydrogens (tertiary/aromatic N) is 1. The van der Waals surface area contributed by atoms with Crippen molar-refractivity contribution in [3.63, 3.8) is 0 Å². The van der Waals surface area contributed by atoms with E-state index in [1.807, 2.05) is 94.4 Å². The summed E-state index contributed by atoms with van der Waals surface area (Å²) in [6.07, 6.45) is -0.694. The number of alkyl carbamates (subject to hydrolysis) is 1. The van der Waals surface area contributed by atoms with Crippen LogP contribution < -0.4 is 10.6 Å². The quantitative estimate of drug-likeness (QED) is 0.398. The van der Waals surface area contributed by atoms with Crippen LogP contribution in [0, 0.1) is 6.92 Å². The number of benzene rings is 3. The minimum atomic E-state index is -0.946. The van der Waals surface area contributed by atoms with Crippen molar-refractivity contribution in [3.05, 3.63) is 77.9 Å². The van der Waals surface area contributed by atoms with E-state index < -0.39 is 35.2 Å². The molecule has 3 amide bonds. The number of hydrogen-bond donors (Lipinski definition) is 2. The number of aryl methyl sites for hydroxylation is 1. The summed E-state index contributed by atoms with van der Waals surface area (Å²) in [7, 11) is 0. The Balaban J connectivity index is 2.01. The number of anilines is 1. The molecule has 0 aliphatic heterocycles. The van der Waals surface area contributed by atoms with Crippen molar-refractivity contribution in [1.29, 1.82) is 0 Å². The van der Waals surface area contributed by atoms with Gasteiger partial charge in [-0.1, -0.05) is 54.6 Å². The summed E-state index contributed by atoms with van der Waals surface area (Å²) >= 11 is 0. The van der Waals surface area contributed by atoms with Crippen LogP contribution in [0.2, 0.25) is 0 Å². The second-order valence-corrected chi connectivity index (χ2v) is 11.6. The molecular weight excluding hydrogens is 478 g/mol. The van der Waals surface area contributed by atoms with E-state index in [2.05, 4.69) is 10.6 Å². The van der Waals surface area contributed by atoms with Crippen LogP contribution in [0.5, 0.6) is 0 Å². The van der Waals surface area contributed by atoms with E-state index in [1.54, 1.807) is 32.6 Å². The van der Waals surface area contributed by atoms with Crippen LogP contribution in [0.1, 0.15) is 65.6 Å². The Morgan fingerprint density at radius 2 is 1.45 bits per heavy atom. The van der Waals surface area contributed by atoms with E-state index >= 15 is 0 Å². The Hall–Kier alpha value is -3.87. The summed E-state index contributed by atoms with van der Waals surface area (Å²) in [6.45, 7) is 14.4. The van der Waals surface area contributed by atoms with Crippen LogP contribution in [0.4, 0.5) is 10.5 Å². The first kappa shape index (κ1) is 28.7. The largest absolute Gasteiger partial charge is 0.444 e. The first-order chi connectivity index (χ1) is 17.7. The Morgan fingerprint density at radius 1 is 0.842 bits per heavy atom. The minimum Gasteiger partial charge on any atom is -0.444 e. The first-order valence-corrected chi connectivity index (χ1v) is 12.9. The number of carbonyl (C=O) groups excluding carboxylic acids is 3. The molecular formula is C31H39N3O4. The Kier molecular flexibility index (Phi) is 8.50. The standard InChI is InChI=1S/C31H39N3O4/c1-20-13-9-12-16-25(20)26(27(35)33-24-18-17-22-14-10-11-15-23(22)19-24)34(30(3,4)5)28(36)21(2)32-29(37)38-31(6,7)8/h9-19,21,26H,1-8H3,(H,32,37)(H,33,35). The molecule has 0 aliphatic rings. The highest BCUT2D eigenvalue weighted by molar-refractivity contribution is 6.00. The van der Waals surface area contributed by atoms with Gasteiger partial charge >= 0.3 is 6.09 Å². The normalized spacial score (nSPS) is 13.4. The van der Waals surface area contributed by atoms with E-state index in [0.29, 0.717) is 11.3 Å². The van der Waals surface area contributed by atoms with E-state index in [4.69, 9.17) is 4.74 Å². The zero-order chi connectivity index (χ0) is 28.3. The molecule has 38 heavy (non-hydrogen) atoms. The number of nitrogens with one attached hydrogen (secondary N) is 2. The fourth-order valence-corrected chi connectivity index (χ4v) is 4.37. The summed E-state index contributed by atoms with van der Waals surface area (Å²) in [5.41, 5.74) is 0.752. The summed E-state index contributed by atoms with van der Waals surface area (Å²) in [4.78, 5) is 41.9. The van der Waals surface area contributed by atoms with Gasteiger partial charge in [0.1, 0.15) is 17.7 Å². The van der Waals surface area contributed by atoms with Crippen molar-refractivity contribution in [2.75, 3.05) is 5.32 Å². The lowest BCUT2D eigenvalue weighted by atomic mass is 9.93. The molecule has 0 radical (unpaired) electrons. The van der Waals surface area contributed by atoms with Gasteiger partial charge in [0.15, 0.2) is 0 Å². The molecule has 2 unspecified atom stereocenters. The lowest BCUT2D eigenvalue weighted by molar-refractivity contribution is -0.146. The first-order valence-electron chi connectivity index (χ1n) is 12.9. The molecule has 0 fully saturated rings. The number of rotatable bonds is 6. The third kappa shape index (κ3) is 7.12. The molecule has 0 heterocycles. The van der Waals surface area contributed by atoms with Gasteiger partial charge in [-0.3, -0.25) is 9.59 Å². The molecule has 7 nitrogen and oxygen atoms in total. The van der Waals surface area contributed by atoms with Crippen molar-refractivity contribution in [2.24, 2.45) is 0 Å². The molecule has 0 saturated heterocycles. The van der Waals surface area contributed by atoms with Crippen LogP contribution in [-0.4, -0.2) is 40.0 Å². The van der Waals surface area contributed by atoms with Crippen LogP contribution in [0.15, 0.2) is 66.7 Å². The molecule has 2 atom stereocenters. The molecule has 3 rings (SSSR count). The van der Waals surface area contributed by atoms with E-state index in [-0.39, 0.29) is 5.91 Å². The summed E-state index contributed by atoms with van der Waals surface area (Å²) < 4.78 is 5.35. The maximum absolute atomic E-state index is 14.0. The number of ether oxygens (including phenoxy) is 1. The smallest absolute Gasteiger partial charge is 0.408 e. The maximum Gasteiger partial charge on any atom is 0.408 e. The molecule has 0 spiro atoms. The van der Waals surface area contributed by atoms with Crippen molar-refractivity contribution in [1.82, 2.24) is 10.2 Å². The maximum atomic E-state index is 14.0. The molecule has 0 saturated carbocycles.